The molecule has 1 amide bonds. The maximum Gasteiger partial charge on any atom is 0.256 e. The summed E-state index contributed by atoms with van der Waals surface area (Å²) in [6, 6.07) is 13.9. The largest absolute Gasteiger partial charge is 0.322 e. The van der Waals surface area contributed by atoms with Crippen molar-refractivity contribution in [2.75, 3.05) is 38.5 Å². The molecule has 0 spiro atoms. The second kappa shape index (κ2) is 8.27. The van der Waals surface area contributed by atoms with Crippen molar-refractivity contribution in [3.63, 3.8) is 0 Å². The third-order valence-corrected chi connectivity index (χ3v) is 5.36. The molecule has 1 aliphatic rings. The van der Waals surface area contributed by atoms with E-state index in [4.69, 9.17) is 0 Å². The molecule has 5 nitrogen and oxygen atoms in total. The first kappa shape index (κ1) is 19.5. The fourth-order valence-electron chi connectivity index (χ4n) is 3.67. The molecule has 0 radical (unpaired) electrons. The van der Waals surface area contributed by atoms with Gasteiger partial charge in [-0.15, -0.1) is 0 Å². The molecular weight excluding hydrogens is 367 g/mol. The van der Waals surface area contributed by atoms with Gasteiger partial charge < -0.3 is 10.2 Å². The molecule has 1 saturated heterocycles. The van der Waals surface area contributed by atoms with Crippen molar-refractivity contribution in [2.24, 2.45) is 0 Å². The Hall–Kier alpha value is -2.83. The van der Waals surface area contributed by atoms with Crippen LogP contribution in [0.3, 0.4) is 0 Å². The highest BCUT2D eigenvalue weighted by Crippen LogP contribution is 2.21. The number of nitrogens with zero attached hydrogens (tertiary/aromatic N) is 3. The Morgan fingerprint density at radius 1 is 1.07 bits per heavy atom. The van der Waals surface area contributed by atoms with Gasteiger partial charge in [0.05, 0.1) is 11.1 Å². The van der Waals surface area contributed by atoms with Crippen molar-refractivity contribution < 1.29 is 9.18 Å². The Balaban J connectivity index is 1.47. The van der Waals surface area contributed by atoms with Gasteiger partial charge in [0.2, 0.25) is 0 Å². The minimum absolute atomic E-state index is 0.266. The lowest BCUT2D eigenvalue weighted by Crippen LogP contribution is -2.43. The first-order valence-corrected chi connectivity index (χ1v) is 9.86. The predicted molar refractivity (Wildman–Crippen MR) is 114 cm³/mol. The van der Waals surface area contributed by atoms with Crippen molar-refractivity contribution in [1.82, 2.24) is 14.8 Å². The van der Waals surface area contributed by atoms with E-state index in [1.807, 2.05) is 31.2 Å². The van der Waals surface area contributed by atoms with Crippen molar-refractivity contribution in [1.29, 1.82) is 0 Å². The highest BCUT2D eigenvalue weighted by Gasteiger charge is 2.15. The highest BCUT2D eigenvalue weighted by atomic mass is 19.1. The third-order valence-electron chi connectivity index (χ3n) is 5.36. The van der Waals surface area contributed by atoms with Crippen molar-refractivity contribution in [2.45, 2.75) is 13.5 Å². The number of rotatable bonds is 4. The van der Waals surface area contributed by atoms with E-state index in [0.29, 0.717) is 16.5 Å². The van der Waals surface area contributed by atoms with Gasteiger partial charge in [-0.1, -0.05) is 12.1 Å². The number of carbonyl (C=O) groups excluding carboxylic acids is 1. The van der Waals surface area contributed by atoms with Crippen LogP contribution >= 0.6 is 0 Å². The van der Waals surface area contributed by atoms with Crippen LogP contribution in [0.2, 0.25) is 0 Å². The molecule has 2 aromatic carbocycles. The molecule has 4 rings (SSSR count). The zero-order valence-corrected chi connectivity index (χ0v) is 16.8. The quantitative estimate of drug-likeness (QED) is 0.736. The first-order chi connectivity index (χ1) is 14.0. The van der Waals surface area contributed by atoms with Gasteiger partial charge in [0.15, 0.2) is 0 Å². The average Bonchev–Trinajstić information content (AvgIpc) is 2.71. The molecule has 150 valence electrons. The summed E-state index contributed by atoms with van der Waals surface area (Å²) in [6.07, 6.45) is 0. The minimum Gasteiger partial charge on any atom is -0.322 e. The van der Waals surface area contributed by atoms with Gasteiger partial charge in [0.1, 0.15) is 5.82 Å². The number of anilines is 1. The van der Waals surface area contributed by atoms with Crippen LogP contribution in [-0.2, 0) is 6.54 Å². The van der Waals surface area contributed by atoms with Gasteiger partial charge >= 0.3 is 0 Å². The summed E-state index contributed by atoms with van der Waals surface area (Å²) in [5.74, 6) is -0.650. The smallest absolute Gasteiger partial charge is 0.256 e. The topological polar surface area (TPSA) is 48.5 Å². The zero-order valence-electron chi connectivity index (χ0n) is 16.8. The Morgan fingerprint density at radius 2 is 1.79 bits per heavy atom. The maximum absolute atomic E-state index is 13.7. The number of likely N-dealkylation sites (N-methyl/N-ethyl adjacent to an activating group) is 1. The van der Waals surface area contributed by atoms with Crippen molar-refractivity contribution in [3.05, 3.63) is 71.2 Å². The van der Waals surface area contributed by atoms with E-state index in [2.05, 4.69) is 27.1 Å². The number of hydrogen-bond donors (Lipinski definition) is 1. The zero-order chi connectivity index (χ0) is 20.4. The van der Waals surface area contributed by atoms with E-state index in [1.54, 1.807) is 12.1 Å². The Bertz CT molecular complexity index is 1030. The molecular formula is C23H25FN4O. The monoisotopic (exact) mass is 392 g/mol. The standard InChI is InChI=1S/C23H25FN4O/c1-16-13-21(20-14-18(24)5-8-22(20)25-16)23(29)26-19-6-3-17(4-7-19)15-28-11-9-27(2)10-12-28/h3-8,13-14H,9-12,15H2,1-2H3,(H,26,29). The molecule has 0 atom stereocenters. The number of nitrogens with one attached hydrogen (secondary N) is 1. The van der Waals surface area contributed by atoms with Crippen LogP contribution in [0.15, 0.2) is 48.5 Å². The fourth-order valence-corrected chi connectivity index (χ4v) is 3.67. The van der Waals surface area contributed by atoms with E-state index in [9.17, 15) is 9.18 Å². The fraction of sp³-hybridized carbons (Fsp3) is 0.304. The SMILES string of the molecule is Cc1cc(C(=O)Nc2ccc(CN3CCN(C)CC3)cc2)c2cc(F)ccc2n1. The molecule has 1 aromatic heterocycles. The van der Waals surface area contributed by atoms with E-state index in [1.165, 1.54) is 17.7 Å². The molecule has 0 unspecified atom stereocenters. The predicted octanol–water partition coefficient (Wildman–Crippen LogP) is 3.68. The van der Waals surface area contributed by atoms with Gasteiger partial charge in [-0.25, -0.2) is 4.39 Å². The average molecular weight is 392 g/mol. The van der Waals surface area contributed by atoms with E-state index < -0.39 is 0 Å². The van der Waals surface area contributed by atoms with E-state index >= 15 is 0 Å². The molecule has 0 bridgehead atoms. The first-order valence-electron chi connectivity index (χ1n) is 9.86. The number of piperazine rings is 1. The number of halogens is 1. The molecule has 2 heterocycles. The van der Waals surface area contributed by atoms with Crippen LogP contribution in [0, 0.1) is 12.7 Å². The minimum atomic E-state index is -0.384. The summed E-state index contributed by atoms with van der Waals surface area (Å²) in [4.78, 5) is 22.0. The summed E-state index contributed by atoms with van der Waals surface area (Å²) in [6.45, 7) is 7.06. The van der Waals surface area contributed by atoms with Gasteiger partial charge in [-0.3, -0.25) is 14.7 Å². The molecule has 0 saturated carbocycles. The number of aromatic nitrogens is 1. The lowest BCUT2D eigenvalue weighted by Gasteiger charge is -2.32. The normalized spacial score (nSPS) is 15.6. The number of amides is 1. The Labute approximate surface area is 170 Å². The third kappa shape index (κ3) is 4.60. The van der Waals surface area contributed by atoms with Crippen LogP contribution in [0.5, 0.6) is 0 Å². The summed E-state index contributed by atoms with van der Waals surface area (Å²) in [5.41, 5.74) is 3.69. The van der Waals surface area contributed by atoms with Crippen LogP contribution in [0.4, 0.5) is 10.1 Å². The Morgan fingerprint density at radius 3 is 2.52 bits per heavy atom. The molecule has 1 N–H and O–H groups in total. The van der Waals surface area contributed by atoms with Gasteiger partial charge in [-0.2, -0.15) is 0 Å². The van der Waals surface area contributed by atoms with Gasteiger partial charge in [-0.05, 0) is 55.9 Å². The molecule has 29 heavy (non-hydrogen) atoms. The van der Waals surface area contributed by atoms with Gasteiger partial charge in [0, 0.05) is 49.5 Å². The lowest BCUT2D eigenvalue weighted by atomic mass is 10.1. The molecule has 1 aliphatic heterocycles. The summed E-state index contributed by atoms with van der Waals surface area (Å²) in [7, 11) is 2.15. The molecule has 0 aliphatic carbocycles. The van der Waals surface area contributed by atoms with Crippen LogP contribution in [0.25, 0.3) is 10.9 Å². The number of pyridine rings is 1. The molecule has 3 aromatic rings. The van der Waals surface area contributed by atoms with Crippen molar-refractivity contribution >= 4 is 22.5 Å². The number of benzene rings is 2. The molecule has 1 fully saturated rings. The maximum atomic E-state index is 13.7. The summed E-state index contributed by atoms with van der Waals surface area (Å²) >= 11 is 0. The molecule has 6 heteroatoms. The van der Waals surface area contributed by atoms with Crippen LogP contribution in [-0.4, -0.2) is 53.9 Å². The number of carbonyl (C=O) groups is 1. The van der Waals surface area contributed by atoms with Crippen LogP contribution in [0.1, 0.15) is 21.6 Å². The van der Waals surface area contributed by atoms with Crippen molar-refractivity contribution in [3.8, 4) is 0 Å². The van der Waals surface area contributed by atoms with E-state index in [0.717, 1.165) is 44.1 Å². The number of aryl methyl sites for hydroxylation is 1. The summed E-state index contributed by atoms with van der Waals surface area (Å²) < 4.78 is 13.7. The lowest BCUT2D eigenvalue weighted by molar-refractivity contribution is 0.102. The van der Waals surface area contributed by atoms with E-state index in [-0.39, 0.29) is 11.7 Å². The van der Waals surface area contributed by atoms with Crippen LogP contribution < -0.4 is 5.32 Å². The highest BCUT2D eigenvalue weighted by molar-refractivity contribution is 6.12. The second-order valence-electron chi connectivity index (χ2n) is 7.70. The van der Waals surface area contributed by atoms with Gasteiger partial charge in [0.25, 0.3) is 5.91 Å². The number of hydrogen-bond acceptors (Lipinski definition) is 4. The second-order valence-corrected chi connectivity index (χ2v) is 7.70. The summed E-state index contributed by atoms with van der Waals surface area (Å²) in [5, 5.41) is 3.44. The number of fused-ring (bicyclic) bond motifs is 1. The Kier molecular flexibility index (Phi) is 5.56.